The minimum Gasteiger partial charge on any atom is -0.493 e. The van der Waals surface area contributed by atoms with Gasteiger partial charge < -0.3 is 15.2 Å². The van der Waals surface area contributed by atoms with E-state index < -0.39 is 0 Å². The van der Waals surface area contributed by atoms with Crippen LogP contribution in [0, 0.1) is 0 Å². The van der Waals surface area contributed by atoms with Gasteiger partial charge in [0.05, 0.1) is 25.9 Å². The fraction of sp³-hybridized carbons (Fsp3) is 0.294. The van der Waals surface area contributed by atoms with E-state index in [1.165, 1.54) is 11.1 Å². The minimum atomic E-state index is -0.235. The summed E-state index contributed by atoms with van der Waals surface area (Å²) in [6.07, 6.45) is 0.896. The summed E-state index contributed by atoms with van der Waals surface area (Å²) in [7, 11) is 0. The van der Waals surface area contributed by atoms with E-state index in [0.29, 0.717) is 24.8 Å². The van der Waals surface area contributed by atoms with Crippen molar-refractivity contribution in [3.63, 3.8) is 0 Å². The molecule has 0 fully saturated rings. The van der Waals surface area contributed by atoms with Crippen LogP contribution >= 0.6 is 11.6 Å². The molecule has 0 spiro atoms. The zero-order chi connectivity index (χ0) is 14.4. The lowest BCUT2D eigenvalue weighted by molar-refractivity contribution is 0.134. The van der Waals surface area contributed by atoms with Crippen LogP contribution < -0.4 is 10.5 Å². The van der Waals surface area contributed by atoms with Gasteiger partial charge in [0.2, 0.25) is 0 Å². The van der Waals surface area contributed by atoms with Crippen LogP contribution in [0.1, 0.15) is 33.9 Å². The first-order valence-corrected chi connectivity index (χ1v) is 7.50. The molecule has 0 aromatic heterocycles. The van der Waals surface area contributed by atoms with E-state index in [1.807, 2.05) is 12.1 Å². The van der Waals surface area contributed by atoms with E-state index in [0.717, 1.165) is 28.9 Å². The van der Waals surface area contributed by atoms with Gasteiger partial charge in [0.25, 0.3) is 0 Å². The van der Waals surface area contributed by atoms with Gasteiger partial charge in [-0.05, 0) is 34.4 Å². The van der Waals surface area contributed by atoms with Crippen LogP contribution in [-0.4, -0.2) is 6.61 Å². The molecule has 4 rings (SSSR count). The van der Waals surface area contributed by atoms with E-state index in [-0.39, 0.29) is 6.04 Å². The van der Waals surface area contributed by atoms with Gasteiger partial charge in [-0.25, -0.2) is 0 Å². The van der Waals surface area contributed by atoms with Crippen molar-refractivity contribution in [3.8, 4) is 5.75 Å². The Balaban J connectivity index is 1.77. The number of fused-ring (bicyclic) bond motifs is 2. The molecule has 0 saturated heterocycles. The lowest BCUT2D eigenvalue weighted by atomic mass is 9.94. The normalized spacial score (nSPS) is 17.2. The molecule has 3 nitrogen and oxygen atoms in total. The molecule has 21 heavy (non-hydrogen) atoms. The third kappa shape index (κ3) is 2.22. The van der Waals surface area contributed by atoms with Gasteiger partial charge in [-0.3, -0.25) is 0 Å². The molecule has 2 aromatic carbocycles. The van der Waals surface area contributed by atoms with E-state index in [2.05, 4.69) is 18.2 Å². The molecule has 2 aromatic rings. The van der Waals surface area contributed by atoms with Gasteiger partial charge >= 0.3 is 0 Å². The molecule has 2 heterocycles. The summed E-state index contributed by atoms with van der Waals surface area (Å²) >= 11 is 6.22. The average molecular weight is 302 g/mol. The van der Waals surface area contributed by atoms with Crippen molar-refractivity contribution in [1.29, 1.82) is 0 Å². The second kappa shape index (κ2) is 5.02. The summed E-state index contributed by atoms with van der Waals surface area (Å²) in [4.78, 5) is 0. The Bertz CT molecular complexity index is 714. The Morgan fingerprint density at radius 1 is 1.05 bits per heavy atom. The van der Waals surface area contributed by atoms with Crippen molar-refractivity contribution in [2.24, 2.45) is 5.73 Å². The van der Waals surface area contributed by atoms with Gasteiger partial charge in [-0.1, -0.05) is 29.8 Å². The van der Waals surface area contributed by atoms with Crippen molar-refractivity contribution in [3.05, 3.63) is 63.2 Å². The molecule has 2 aliphatic rings. The van der Waals surface area contributed by atoms with Crippen molar-refractivity contribution in [1.82, 2.24) is 0 Å². The summed E-state index contributed by atoms with van der Waals surface area (Å²) in [5, 5.41) is 0.717. The van der Waals surface area contributed by atoms with E-state index in [9.17, 15) is 0 Å². The molecule has 1 unspecified atom stereocenters. The highest BCUT2D eigenvalue weighted by Gasteiger charge is 2.23. The maximum Gasteiger partial charge on any atom is 0.127 e. The second-order valence-electron chi connectivity index (χ2n) is 5.58. The van der Waals surface area contributed by atoms with Gasteiger partial charge in [-0.2, -0.15) is 0 Å². The molecule has 0 radical (unpaired) electrons. The number of halogens is 1. The van der Waals surface area contributed by atoms with Gasteiger partial charge in [0, 0.05) is 17.0 Å². The SMILES string of the molecule is NC(c1ccc2c(c1)COC2)c1cc(Cl)cc2c1OCC2. The zero-order valence-corrected chi connectivity index (χ0v) is 12.3. The predicted octanol–water partition coefficient (Wildman–Crippen LogP) is 3.35. The Kier molecular flexibility index (Phi) is 3.14. The number of rotatable bonds is 2. The van der Waals surface area contributed by atoms with E-state index in [4.69, 9.17) is 26.8 Å². The summed E-state index contributed by atoms with van der Waals surface area (Å²) < 4.78 is 11.2. The number of hydrogen-bond donors (Lipinski definition) is 1. The van der Waals surface area contributed by atoms with Crippen molar-refractivity contribution < 1.29 is 9.47 Å². The summed E-state index contributed by atoms with van der Waals surface area (Å²) in [6, 6.07) is 9.96. The number of nitrogens with two attached hydrogens (primary N) is 1. The summed E-state index contributed by atoms with van der Waals surface area (Å²) in [6.45, 7) is 2.06. The maximum absolute atomic E-state index is 6.47. The van der Waals surface area contributed by atoms with Crippen LogP contribution in [0.5, 0.6) is 5.75 Å². The van der Waals surface area contributed by atoms with Crippen LogP contribution in [0.3, 0.4) is 0 Å². The molecule has 0 aliphatic carbocycles. The molecule has 108 valence electrons. The lowest BCUT2D eigenvalue weighted by Crippen LogP contribution is -2.13. The Labute approximate surface area is 128 Å². The van der Waals surface area contributed by atoms with Gasteiger partial charge in [-0.15, -0.1) is 0 Å². The minimum absolute atomic E-state index is 0.235. The van der Waals surface area contributed by atoms with Crippen molar-refractivity contribution >= 4 is 11.6 Å². The van der Waals surface area contributed by atoms with Crippen LogP contribution in [0.25, 0.3) is 0 Å². The fourth-order valence-corrected chi connectivity index (χ4v) is 3.34. The van der Waals surface area contributed by atoms with Crippen molar-refractivity contribution in [2.45, 2.75) is 25.7 Å². The van der Waals surface area contributed by atoms with E-state index >= 15 is 0 Å². The third-order valence-corrected chi connectivity index (χ3v) is 4.43. The van der Waals surface area contributed by atoms with Gasteiger partial charge in [0.15, 0.2) is 0 Å². The Hall–Kier alpha value is -1.55. The molecule has 2 aliphatic heterocycles. The molecule has 1 atom stereocenters. The van der Waals surface area contributed by atoms with Crippen LogP contribution in [0.2, 0.25) is 5.02 Å². The highest BCUT2D eigenvalue weighted by molar-refractivity contribution is 6.30. The monoisotopic (exact) mass is 301 g/mol. The summed E-state index contributed by atoms with van der Waals surface area (Å²) in [5.74, 6) is 0.906. The number of benzene rings is 2. The molecule has 4 heteroatoms. The summed E-state index contributed by atoms with van der Waals surface area (Å²) in [5.41, 5.74) is 12.1. The average Bonchev–Trinajstić information content (AvgIpc) is 3.12. The van der Waals surface area contributed by atoms with Crippen molar-refractivity contribution in [2.75, 3.05) is 6.61 Å². The first kappa shape index (κ1) is 13.1. The molecule has 0 saturated carbocycles. The first-order chi connectivity index (χ1) is 10.2. The maximum atomic E-state index is 6.47. The number of ether oxygens (including phenoxy) is 2. The lowest BCUT2D eigenvalue weighted by Gasteiger charge is -2.17. The van der Waals surface area contributed by atoms with Gasteiger partial charge in [0.1, 0.15) is 5.75 Å². The zero-order valence-electron chi connectivity index (χ0n) is 11.6. The predicted molar refractivity (Wildman–Crippen MR) is 81.6 cm³/mol. The topological polar surface area (TPSA) is 44.5 Å². The van der Waals surface area contributed by atoms with Crippen LogP contribution in [0.4, 0.5) is 0 Å². The second-order valence-corrected chi connectivity index (χ2v) is 6.02. The highest BCUT2D eigenvalue weighted by Crippen LogP contribution is 2.38. The Morgan fingerprint density at radius 3 is 2.81 bits per heavy atom. The highest BCUT2D eigenvalue weighted by atomic mass is 35.5. The molecule has 2 N–H and O–H groups in total. The van der Waals surface area contributed by atoms with Crippen LogP contribution in [-0.2, 0) is 24.4 Å². The largest absolute Gasteiger partial charge is 0.493 e. The fourth-order valence-electron chi connectivity index (χ4n) is 3.09. The Morgan fingerprint density at radius 2 is 1.90 bits per heavy atom. The molecule has 0 bridgehead atoms. The molecular weight excluding hydrogens is 286 g/mol. The number of hydrogen-bond acceptors (Lipinski definition) is 3. The standard InChI is InChI=1S/C17H16ClNO2/c18-14-6-11-3-4-21-17(11)15(7-14)16(19)10-1-2-12-8-20-9-13(12)5-10/h1-2,5-7,16H,3-4,8-9,19H2. The van der Waals surface area contributed by atoms with Crippen LogP contribution in [0.15, 0.2) is 30.3 Å². The van der Waals surface area contributed by atoms with E-state index in [1.54, 1.807) is 0 Å². The first-order valence-electron chi connectivity index (χ1n) is 7.12. The molecular formula is C17H16ClNO2. The molecule has 0 amide bonds. The smallest absolute Gasteiger partial charge is 0.127 e. The third-order valence-electron chi connectivity index (χ3n) is 4.22. The quantitative estimate of drug-likeness (QED) is 0.925.